The lowest BCUT2D eigenvalue weighted by atomic mass is 10.2. The van der Waals surface area contributed by atoms with E-state index < -0.39 is 5.97 Å². The first-order valence-corrected chi connectivity index (χ1v) is 3.59. The molecule has 1 N–H and O–H groups in total. The Balaban J connectivity index is 2.84. The number of nitrogens with zero attached hydrogens (tertiary/aromatic N) is 4. The average Bonchev–Trinajstić information content (AvgIpc) is 2.49. The van der Waals surface area contributed by atoms with E-state index in [-0.39, 0.29) is 11.2 Å². The molecule has 0 fully saturated rings. The molecule has 0 spiro atoms. The van der Waals surface area contributed by atoms with Gasteiger partial charge in [0.2, 0.25) is 0 Å². The highest BCUT2D eigenvalue weighted by molar-refractivity contribution is 5.94. The fourth-order valence-corrected chi connectivity index (χ4v) is 1.11. The lowest BCUT2D eigenvalue weighted by molar-refractivity contribution is 0.0698. The summed E-state index contributed by atoms with van der Waals surface area (Å²) in [6, 6.07) is 1.46. The monoisotopic (exact) mass is 178 g/mol. The van der Waals surface area contributed by atoms with Crippen molar-refractivity contribution in [2.45, 2.75) is 6.92 Å². The number of fused-ring (bicyclic) bond motifs is 1. The first kappa shape index (κ1) is 7.66. The Morgan fingerprint density at radius 2 is 2.38 bits per heavy atom. The predicted molar refractivity (Wildman–Crippen MR) is 42.5 cm³/mol. The lowest BCUT2D eigenvalue weighted by Gasteiger charge is -1.97. The minimum Gasteiger partial charge on any atom is -0.478 e. The van der Waals surface area contributed by atoms with Crippen LogP contribution >= 0.6 is 0 Å². The molecule has 6 heteroatoms. The first-order chi connectivity index (χ1) is 6.18. The van der Waals surface area contributed by atoms with Gasteiger partial charge in [-0.05, 0) is 13.0 Å². The molecule has 0 saturated carbocycles. The number of aromatic nitrogens is 4. The highest BCUT2D eigenvalue weighted by Gasteiger charge is 2.11. The van der Waals surface area contributed by atoms with Crippen LogP contribution in [0.15, 0.2) is 12.4 Å². The molecular formula is C7H6N4O2. The van der Waals surface area contributed by atoms with Gasteiger partial charge in [-0.3, -0.25) is 0 Å². The van der Waals surface area contributed by atoms with Gasteiger partial charge in [0.15, 0.2) is 5.65 Å². The molecule has 0 saturated heterocycles. The third-order valence-electron chi connectivity index (χ3n) is 1.62. The van der Waals surface area contributed by atoms with Crippen LogP contribution in [-0.4, -0.2) is 30.9 Å². The average molecular weight is 178 g/mol. The number of carbonyl (C=O) groups is 1. The Bertz CT molecular complexity index is 476. The van der Waals surface area contributed by atoms with E-state index in [1.165, 1.54) is 16.9 Å². The van der Waals surface area contributed by atoms with Gasteiger partial charge in [-0.2, -0.15) is 9.61 Å². The fourth-order valence-electron chi connectivity index (χ4n) is 1.11. The van der Waals surface area contributed by atoms with E-state index in [0.717, 1.165) is 0 Å². The highest BCUT2D eigenvalue weighted by atomic mass is 16.4. The van der Waals surface area contributed by atoms with Crippen molar-refractivity contribution < 1.29 is 9.90 Å². The van der Waals surface area contributed by atoms with Crippen molar-refractivity contribution in [1.29, 1.82) is 0 Å². The Hall–Kier alpha value is -1.98. The summed E-state index contributed by atoms with van der Waals surface area (Å²) < 4.78 is 1.35. The molecule has 0 amide bonds. The molecule has 0 aliphatic rings. The normalized spacial score (nSPS) is 10.5. The molecule has 0 aliphatic carbocycles. The van der Waals surface area contributed by atoms with Gasteiger partial charge in [0.1, 0.15) is 11.9 Å². The second-order valence-electron chi connectivity index (χ2n) is 2.60. The molecule has 66 valence electrons. The molecule has 0 atom stereocenters. The Morgan fingerprint density at radius 1 is 1.62 bits per heavy atom. The van der Waals surface area contributed by atoms with Crippen molar-refractivity contribution in [1.82, 2.24) is 19.8 Å². The minimum atomic E-state index is -1.02. The summed E-state index contributed by atoms with van der Waals surface area (Å²) >= 11 is 0. The zero-order chi connectivity index (χ0) is 9.42. The van der Waals surface area contributed by atoms with Crippen LogP contribution in [0.25, 0.3) is 5.65 Å². The van der Waals surface area contributed by atoms with E-state index in [1.54, 1.807) is 6.92 Å². The Labute approximate surface area is 72.8 Å². The maximum Gasteiger partial charge on any atom is 0.339 e. The molecule has 0 aromatic carbocycles. The summed E-state index contributed by atoms with van der Waals surface area (Å²) in [5.74, 6) is -1.02. The molecule has 2 aromatic heterocycles. The molecule has 0 bridgehead atoms. The highest BCUT2D eigenvalue weighted by Crippen LogP contribution is 2.07. The third-order valence-corrected chi connectivity index (χ3v) is 1.62. The Kier molecular flexibility index (Phi) is 1.48. The Morgan fingerprint density at radius 3 is 3.08 bits per heavy atom. The lowest BCUT2D eigenvalue weighted by Crippen LogP contribution is -2.04. The molecular weight excluding hydrogens is 172 g/mol. The number of hydrogen-bond acceptors (Lipinski definition) is 4. The van der Waals surface area contributed by atoms with E-state index in [1.807, 2.05) is 0 Å². The smallest absolute Gasteiger partial charge is 0.339 e. The number of carboxylic acids is 1. The van der Waals surface area contributed by atoms with E-state index in [2.05, 4.69) is 15.3 Å². The van der Waals surface area contributed by atoms with Crippen molar-refractivity contribution in [2.75, 3.05) is 0 Å². The van der Waals surface area contributed by atoms with Crippen LogP contribution in [0.4, 0.5) is 0 Å². The van der Waals surface area contributed by atoms with Gasteiger partial charge in [-0.1, -0.05) is 0 Å². The molecule has 2 aromatic rings. The van der Waals surface area contributed by atoms with Crippen LogP contribution in [-0.2, 0) is 0 Å². The summed E-state index contributed by atoms with van der Waals surface area (Å²) in [5.41, 5.74) is 0.993. The summed E-state index contributed by atoms with van der Waals surface area (Å²) in [6.45, 7) is 1.71. The van der Waals surface area contributed by atoms with E-state index in [9.17, 15) is 4.79 Å². The van der Waals surface area contributed by atoms with Crippen molar-refractivity contribution >= 4 is 11.6 Å². The second-order valence-corrected chi connectivity index (χ2v) is 2.60. The number of aryl methyl sites for hydroxylation is 1. The largest absolute Gasteiger partial charge is 0.478 e. The van der Waals surface area contributed by atoms with Crippen LogP contribution < -0.4 is 0 Å². The van der Waals surface area contributed by atoms with Crippen LogP contribution in [0.2, 0.25) is 0 Å². The zero-order valence-corrected chi connectivity index (χ0v) is 6.80. The molecule has 0 unspecified atom stereocenters. The number of hydrogen-bond donors (Lipinski definition) is 1. The van der Waals surface area contributed by atoms with Gasteiger partial charge in [0, 0.05) is 0 Å². The van der Waals surface area contributed by atoms with Crippen molar-refractivity contribution in [3.63, 3.8) is 0 Å². The van der Waals surface area contributed by atoms with Gasteiger partial charge in [-0.15, -0.1) is 10.2 Å². The number of carboxylic acid groups (broad SMARTS) is 1. The molecule has 2 heterocycles. The van der Waals surface area contributed by atoms with Crippen LogP contribution in [0.1, 0.15) is 16.1 Å². The molecule has 2 rings (SSSR count). The minimum absolute atomic E-state index is 0.116. The van der Waals surface area contributed by atoms with Gasteiger partial charge >= 0.3 is 5.97 Å². The van der Waals surface area contributed by atoms with Crippen LogP contribution in [0, 0.1) is 6.92 Å². The summed E-state index contributed by atoms with van der Waals surface area (Å²) in [7, 11) is 0. The second kappa shape index (κ2) is 2.51. The zero-order valence-electron chi connectivity index (χ0n) is 6.80. The third kappa shape index (κ3) is 1.12. The van der Waals surface area contributed by atoms with E-state index in [0.29, 0.717) is 5.69 Å². The van der Waals surface area contributed by atoms with Crippen LogP contribution in [0.3, 0.4) is 0 Å². The van der Waals surface area contributed by atoms with E-state index in [4.69, 9.17) is 5.11 Å². The number of aromatic carboxylic acids is 1. The first-order valence-electron chi connectivity index (χ1n) is 3.59. The van der Waals surface area contributed by atoms with E-state index >= 15 is 0 Å². The molecule has 0 radical (unpaired) electrons. The standard InChI is InChI=1S/C7H6N4O2/c1-4-2-5(7(12)13)6-9-8-3-11(6)10-4/h2-3H,1H3,(H,12,13). The quantitative estimate of drug-likeness (QED) is 0.671. The van der Waals surface area contributed by atoms with Crippen LogP contribution in [0.5, 0.6) is 0 Å². The predicted octanol–water partition coefficient (Wildman–Crippen LogP) is 0.131. The van der Waals surface area contributed by atoms with Crippen molar-refractivity contribution in [2.24, 2.45) is 0 Å². The number of rotatable bonds is 1. The summed E-state index contributed by atoms with van der Waals surface area (Å²) in [4.78, 5) is 10.8. The molecule has 6 nitrogen and oxygen atoms in total. The van der Waals surface area contributed by atoms with Crippen molar-refractivity contribution in [3.05, 3.63) is 23.7 Å². The van der Waals surface area contributed by atoms with Gasteiger partial charge in [-0.25, -0.2) is 4.79 Å². The maximum absolute atomic E-state index is 10.8. The summed E-state index contributed by atoms with van der Waals surface area (Å²) in [6.07, 6.45) is 1.37. The van der Waals surface area contributed by atoms with Gasteiger partial charge in [0.05, 0.1) is 5.69 Å². The maximum atomic E-state index is 10.8. The molecule has 0 aliphatic heterocycles. The SMILES string of the molecule is Cc1cc(C(=O)O)c2nncn2n1. The topological polar surface area (TPSA) is 80.4 Å². The van der Waals surface area contributed by atoms with Gasteiger partial charge in [0.25, 0.3) is 0 Å². The summed E-state index contributed by atoms with van der Waals surface area (Å²) in [5, 5.41) is 20.0. The van der Waals surface area contributed by atoms with Crippen molar-refractivity contribution in [3.8, 4) is 0 Å². The molecule has 13 heavy (non-hydrogen) atoms. The van der Waals surface area contributed by atoms with Gasteiger partial charge < -0.3 is 5.11 Å². The fraction of sp³-hybridized carbons (Fsp3) is 0.143.